The summed E-state index contributed by atoms with van der Waals surface area (Å²) in [6.45, 7) is 5.73. The molecule has 0 bridgehead atoms. The Morgan fingerprint density at radius 2 is 1.87 bits per heavy atom. The number of nitrogens with one attached hydrogen (secondary N) is 1. The highest BCUT2D eigenvalue weighted by molar-refractivity contribution is 5.85. The second-order valence-electron chi connectivity index (χ2n) is 10.2. The molecule has 1 fully saturated rings. The van der Waals surface area contributed by atoms with Crippen LogP contribution in [-0.2, 0) is 11.8 Å². The Balaban J connectivity index is 1.63. The molecule has 3 heterocycles. The topological polar surface area (TPSA) is 59.4 Å². The molecule has 1 aliphatic rings. The summed E-state index contributed by atoms with van der Waals surface area (Å²) in [4.78, 5) is 21.0. The number of nitrogens with zero attached hydrogens (tertiary/aromatic N) is 3. The molecule has 2 aromatic carbocycles. The van der Waals surface area contributed by atoms with Gasteiger partial charge >= 0.3 is 0 Å². The van der Waals surface area contributed by atoms with E-state index >= 15 is 0 Å². The Bertz CT molecular complexity index is 1460. The number of benzene rings is 2. The van der Waals surface area contributed by atoms with E-state index in [9.17, 15) is 4.79 Å². The molecule has 6 nitrogen and oxygen atoms in total. The van der Waals surface area contributed by atoms with Gasteiger partial charge in [0.1, 0.15) is 11.6 Å². The van der Waals surface area contributed by atoms with Crippen molar-refractivity contribution in [1.82, 2.24) is 9.55 Å². The smallest absolute Gasteiger partial charge is 0.260 e. The maximum Gasteiger partial charge on any atom is 0.260 e. The molecule has 0 radical (unpaired) electrons. The highest BCUT2D eigenvalue weighted by atomic mass is 16.5. The van der Waals surface area contributed by atoms with Crippen LogP contribution < -0.4 is 15.8 Å². The maximum atomic E-state index is 14.0. The highest BCUT2D eigenvalue weighted by Gasteiger charge is 2.28. The van der Waals surface area contributed by atoms with Crippen LogP contribution in [0.1, 0.15) is 36.9 Å². The first kappa shape index (κ1) is 25.7. The van der Waals surface area contributed by atoms with Gasteiger partial charge in [0.15, 0.2) is 0 Å². The van der Waals surface area contributed by atoms with E-state index < -0.39 is 0 Å². The van der Waals surface area contributed by atoms with Crippen molar-refractivity contribution in [2.24, 2.45) is 7.05 Å². The van der Waals surface area contributed by atoms with Crippen LogP contribution in [0, 0.1) is 6.92 Å². The quantitative estimate of drug-likeness (QED) is 0.307. The highest BCUT2D eigenvalue weighted by Crippen LogP contribution is 2.35. The van der Waals surface area contributed by atoms with Gasteiger partial charge in [-0.25, -0.2) is 4.98 Å². The number of hydrogen-bond acceptors (Lipinski definition) is 5. The Morgan fingerprint density at radius 1 is 1.05 bits per heavy atom. The number of pyridine rings is 2. The molecule has 6 heteroatoms. The summed E-state index contributed by atoms with van der Waals surface area (Å²) in [5.74, 6) is 1.69. The number of aryl methyl sites for hydroxylation is 1. The number of ether oxygens (including phenoxy) is 1. The number of hydrogen-bond donors (Lipinski definition) is 1. The lowest BCUT2D eigenvalue weighted by Gasteiger charge is -2.29. The fourth-order valence-electron chi connectivity index (χ4n) is 5.49. The van der Waals surface area contributed by atoms with E-state index in [1.54, 1.807) is 11.7 Å². The maximum absolute atomic E-state index is 14.0. The van der Waals surface area contributed by atoms with Crippen molar-refractivity contribution in [2.75, 3.05) is 30.5 Å². The summed E-state index contributed by atoms with van der Waals surface area (Å²) in [6, 6.07) is 25.1. The van der Waals surface area contributed by atoms with Crippen molar-refractivity contribution >= 4 is 11.6 Å². The predicted octanol–water partition coefficient (Wildman–Crippen LogP) is 6.21. The SMILES string of the molecule is COCC1CCCN1c1cc(-c2ccnc(NC(C)c3ccccc3)c2)c(-c2cccc(C)c2)c(=O)n1C. The lowest BCUT2D eigenvalue weighted by molar-refractivity contribution is 0.180. The molecular formula is C32H36N4O2. The van der Waals surface area contributed by atoms with Crippen LogP contribution in [0.2, 0.25) is 0 Å². The Kier molecular flexibility index (Phi) is 7.61. The summed E-state index contributed by atoms with van der Waals surface area (Å²) in [7, 11) is 3.62. The average Bonchev–Trinajstić information content (AvgIpc) is 3.39. The predicted molar refractivity (Wildman–Crippen MR) is 156 cm³/mol. The fourth-order valence-corrected chi connectivity index (χ4v) is 5.49. The van der Waals surface area contributed by atoms with Crippen LogP contribution in [-0.4, -0.2) is 35.9 Å². The van der Waals surface area contributed by atoms with Gasteiger partial charge in [-0.05, 0) is 67.1 Å². The average molecular weight is 509 g/mol. The van der Waals surface area contributed by atoms with Crippen LogP contribution in [0.4, 0.5) is 11.6 Å². The Hall–Kier alpha value is -3.90. The zero-order chi connectivity index (χ0) is 26.6. The molecular weight excluding hydrogens is 472 g/mol. The second-order valence-corrected chi connectivity index (χ2v) is 10.2. The van der Waals surface area contributed by atoms with Crippen LogP contribution in [0.3, 0.4) is 0 Å². The lowest BCUT2D eigenvalue weighted by Crippen LogP contribution is -2.37. The van der Waals surface area contributed by atoms with Gasteiger partial charge in [0, 0.05) is 32.9 Å². The molecule has 0 saturated carbocycles. The molecule has 2 atom stereocenters. The van der Waals surface area contributed by atoms with Gasteiger partial charge in [-0.15, -0.1) is 0 Å². The van der Waals surface area contributed by atoms with Crippen molar-refractivity contribution in [3.8, 4) is 22.3 Å². The molecule has 4 aromatic rings. The minimum Gasteiger partial charge on any atom is -0.383 e. The van der Waals surface area contributed by atoms with E-state index in [0.717, 1.165) is 53.3 Å². The molecule has 0 aliphatic carbocycles. The van der Waals surface area contributed by atoms with E-state index in [0.29, 0.717) is 12.2 Å². The van der Waals surface area contributed by atoms with Gasteiger partial charge < -0.3 is 15.0 Å². The van der Waals surface area contributed by atoms with Crippen molar-refractivity contribution < 1.29 is 4.74 Å². The van der Waals surface area contributed by atoms with E-state index in [1.807, 2.05) is 55.7 Å². The Morgan fingerprint density at radius 3 is 2.63 bits per heavy atom. The summed E-state index contributed by atoms with van der Waals surface area (Å²) in [5, 5.41) is 3.53. The van der Waals surface area contributed by atoms with E-state index in [1.165, 1.54) is 5.56 Å². The van der Waals surface area contributed by atoms with Gasteiger partial charge in [0.25, 0.3) is 5.56 Å². The van der Waals surface area contributed by atoms with Crippen LogP contribution in [0.5, 0.6) is 0 Å². The molecule has 5 rings (SSSR count). The lowest BCUT2D eigenvalue weighted by atomic mass is 9.95. The molecule has 196 valence electrons. The third kappa shape index (κ3) is 5.22. The Labute approximate surface area is 224 Å². The number of rotatable bonds is 8. The first-order valence-electron chi connectivity index (χ1n) is 13.3. The van der Waals surface area contributed by atoms with Gasteiger partial charge in [-0.3, -0.25) is 9.36 Å². The summed E-state index contributed by atoms with van der Waals surface area (Å²) in [6.07, 6.45) is 3.95. The van der Waals surface area contributed by atoms with Gasteiger partial charge in [0.05, 0.1) is 18.2 Å². The standard InChI is InChI=1S/C32H36N4O2/c1-22-10-8-13-26(18-22)31-28(20-30(35(3)32(31)37)36-17-9-14-27(36)21-38-4)25-15-16-33-29(19-25)34-23(2)24-11-6-5-7-12-24/h5-8,10-13,15-16,18-20,23,27H,9,14,17,21H2,1-4H3,(H,33,34). The zero-order valence-electron chi connectivity index (χ0n) is 22.6. The van der Waals surface area contributed by atoms with Crippen molar-refractivity contribution in [3.05, 3.63) is 100 Å². The summed E-state index contributed by atoms with van der Waals surface area (Å²) in [5.41, 5.74) is 5.80. The number of methoxy groups -OCH3 is 1. The summed E-state index contributed by atoms with van der Waals surface area (Å²) < 4.78 is 7.31. The van der Waals surface area contributed by atoms with Gasteiger partial charge in [0.2, 0.25) is 0 Å². The first-order valence-corrected chi connectivity index (χ1v) is 13.3. The van der Waals surface area contributed by atoms with Crippen molar-refractivity contribution in [3.63, 3.8) is 0 Å². The van der Waals surface area contributed by atoms with Gasteiger partial charge in [-0.1, -0.05) is 60.2 Å². The molecule has 0 spiro atoms. The molecule has 2 unspecified atom stereocenters. The normalized spacial score (nSPS) is 16.0. The number of anilines is 2. The third-order valence-electron chi connectivity index (χ3n) is 7.48. The monoisotopic (exact) mass is 508 g/mol. The fraction of sp³-hybridized carbons (Fsp3) is 0.312. The van der Waals surface area contributed by atoms with Crippen molar-refractivity contribution in [2.45, 2.75) is 38.8 Å². The molecule has 38 heavy (non-hydrogen) atoms. The van der Waals surface area contributed by atoms with E-state index in [2.05, 4.69) is 59.4 Å². The van der Waals surface area contributed by atoms with E-state index in [-0.39, 0.29) is 17.6 Å². The number of aromatic nitrogens is 2. The second kappa shape index (κ2) is 11.2. The zero-order valence-corrected chi connectivity index (χ0v) is 22.6. The molecule has 1 aliphatic heterocycles. The first-order chi connectivity index (χ1) is 18.5. The molecule has 1 saturated heterocycles. The van der Waals surface area contributed by atoms with Crippen LogP contribution in [0.15, 0.2) is 83.8 Å². The van der Waals surface area contributed by atoms with Gasteiger partial charge in [-0.2, -0.15) is 0 Å². The van der Waals surface area contributed by atoms with Crippen molar-refractivity contribution in [1.29, 1.82) is 0 Å². The third-order valence-corrected chi connectivity index (χ3v) is 7.48. The van der Waals surface area contributed by atoms with Crippen LogP contribution in [0.25, 0.3) is 22.3 Å². The summed E-state index contributed by atoms with van der Waals surface area (Å²) >= 11 is 0. The molecule has 0 amide bonds. The molecule has 1 N–H and O–H groups in total. The molecule has 2 aromatic heterocycles. The largest absolute Gasteiger partial charge is 0.383 e. The van der Waals surface area contributed by atoms with Crippen LogP contribution >= 0.6 is 0 Å². The van der Waals surface area contributed by atoms with E-state index in [4.69, 9.17) is 4.74 Å². The minimum absolute atomic E-state index is 0.00450. The minimum atomic E-state index is -0.00450.